The second-order valence-electron chi connectivity index (χ2n) is 7.17. The van der Waals surface area contributed by atoms with Gasteiger partial charge in [0.2, 0.25) is 15.9 Å². The van der Waals surface area contributed by atoms with Crippen molar-refractivity contribution >= 4 is 39.1 Å². The summed E-state index contributed by atoms with van der Waals surface area (Å²) in [5.41, 5.74) is 0.571. The monoisotopic (exact) mass is 482 g/mol. The lowest BCUT2D eigenvalue weighted by atomic mass is 10.2. The van der Waals surface area contributed by atoms with Crippen LogP contribution in [0.3, 0.4) is 0 Å². The molecule has 1 heterocycles. The molecule has 32 heavy (non-hydrogen) atoms. The zero-order chi connectivity index (χ0) is 23.3. The molecule has 1 fully saturated rings. The number of piperazine rings is 1. The Hall–Kier alpha value is -2.69. The first-order valence-electron chi connectivity index (χ1n) is 10.1. The lowest BCUT2D eigenvalue weighted by Gasteiger charge is -2.36. The maximum atomic E-state index is 14.1. The van der Waals surface area contributed by atoms with E-state index in [9.17, 15) is 22.4 Å². The molecule has 2 amide bonds. The molecule has 0 bridgehead atoms. The first-order chi connectivity index (χ1) is 15.2. The van der Waals surface area contributed by atoms with Gasteiger partial charge in [-0.05, 0) is 42.5 Å². The summed E-state index contributed by atoms with van der Waals surface area (Å²) in [6.45, 7) is 3.64. The Morgan fingerprint density at radius 2 is 1.72 bits per heavy atom. The molecule has 0 aliphatic carbocycles. The molecule has 2 aromatic rings. The fourth-order valence-electron chi connectivity index (χ4n) is 3.35. The number of anilines is 1. The largest absolute Gasteiger partial charge is 0.368 e. The van der Waals surface area contributed by atoms with E-state index in [0.29, 0.717) is 31.2 Å². The lowest BCUT2D eigenvalue weighted by Crippen LogP contribution is -2.51. The normalized spacial score (nSPS) is 14.3. The molecule has 2 aromatic carbocycles. The van der Waals surface area contributed by atoms with Crippen molar-refractivity contribution in [1.82, 2.24) is 14.9 Å². The molecule has 3 rings (SSSR count). The van der Waals surface area contributed by atoms with Crippen LogP contribution in [-0.2, 0) is 14.8 Å². The van der Waals surface area contributed by atoms with E-state index in [-0.39, 0.29) is 23.9 Å². The van der Waals surface area contributed by atoms with Crippen LogP contribution < -0.4 is 14.9 Å². The van der Waals surface area contributed by atoms with Crippen LogP contribution in [0.1, 0.15) is 17.3 Å². The van der Waals surface area contributed by atoms with Crippen molar-refractivity contribution in [2.75, 3.05) is 44.2 Å². The molecule has 1 aliphatic heterocycles. The summed E-state index contributed by atoms with van der Waals surface area (Å²) in [6.07, 6.45) is 0. The van der Waals surface area contributed by atoms with E-state index in [1.54, 1.807) is 11.8 Å². The van der Waals surface area contributed by atoms with Crippen molar-refractivity contribution in [1.29, 1.82) is 0 Å². The topological polar surface area (TPSA) is 98.8 Å². The van der Waals surface area contributed by atoms with Gasteiger partial charge in [-0.2, -0.15) is 0 Å². The molecule has 0 aromatic heterocycles. The Bertz CT molecular complexity index is 1090. The molecule has 8 nitrogen and oxygen atoms in total. The maximum absolute atomic E-state index is 14.1. The van der Waals surface area contributed by atoms with Gasteiger partial charge in [0.25, 0.3) is 5.91 Å². The number of carbonyl (C=O) groups is 2. The molecular weight excluding hydrogens is 459 g/mol. The van der Waals surface area contributed by atoms with Gasteiger partial charge in [-0.25, -0.2) is 17.5 Å². The number of benzene rings is 2. The SMILES string of the molecule is CCNS(=O)(=O)c1ccc(F)c(C(=O)NCC(=O)N2CCN(c3ccc(Cl)cc3)CC2)c1. The van der Waals surface area contributed by atoms with Gasteiger partial charge < -0.3 is 15.1 Å². The van der Waals surface area contributed by atoms with Crippen LogP contribution >= 0.6 is 11.6 Å². The summed E-state index contributed by atoms with van der Waals surface area (Å²) in [6, 6.07) is 10.4. The Balaban J connectivity index is 1.56. The van der Waals surface area contributed by atoms with Crippen LogP contribution in [0.15, 0.2) is 47.4 Å². The van der Waals surface area contributed by atoms with Crippen LogP contribution in [0, 0.1) is 5.82 Å². The van der Waals surface area contributed by atoms with Gasteiger partial charge in [-0.15, -0.1) is 0 Å². The molecule has 1 aliphatic rings. The Kier molecular flexibility index (Phi) is 7.70. The zero-order valence-electron chi connectivity index (χ0n) is 17.5. The Morgan fingerprint density at radius 1 is 1.06 bits per heavy atom. The first kappa shape index (κ1) is 24.0. The molecule has 0 unspecified atom stereocenters. The van der Waals surface area contributed by atoms with Crippen LogP contribution in [0.4, 0.5) is 10.1 Å². The van der Waals surface area contributed by atoms with Gasteiger partial charge in [0.05, 0.1) is 17.0 Å². The fourth-order valence-corrected chi connectivity index (χ4v) is 4.54. The highest BCUT2D eigenvalue weighted by molar-refractivity contribution is 7.89. The minimum atomic E-state index is -3.85. The number of nitrogens with one attached hydrogen (secondary N) is 2. The third-order valence-corrected chi connectivity index (χ3v) is 6.85. The predicted molar refractivity (Wildman–Crippen MR) is 120 cm³/mol. The van der Waals surface area contributed by atoms with Gasteiger partial charge in [0.1, 0.15) is 5.82 Å². The maximum Gasteiger partial charge on any atom is 0.254 e. The van der Waals surface area contributed by atoms with E-state index in [0.717, 1.165) is 23.9 Å². The average Bonchev–Trinajstić information content (AvgIpc) is 2.78. The van der Waals surface area contributed by atoms with Crippen LogP contribution in [0.25, 0.3) is 0 Å². The molecule has 0 radical (unpaired) electrons. The Morgan fingerprint density at radius 3 is 2.34 bits per heavy atom. The van der Waals surface area contributed by atoms with E-state index < -0.39 is 27.3 Å². The molecule has 0 spiro atoms. The summed E-state index contributed by atoms with van der Waals surface area (Å²) in [5.74, 6) is -2.03. The number of sulfonamides is 1. The summed E-state index contributed by atoms with van der Waals surface area (Å²) < 4.78 is 40.6. The molecule has 172 valence electrons. The van der Waals surface area contributed by atoms with Gasteiger partial charge >= 0.3 is 0 Å². The second-order valence-corrected chi connectivity index (χ2v) is 9.37. The van der Waals surface area contributed by atoms with Crippen LogP contribution in [0.5, 0.6) is 0 Å². The van der Waals surface area contributed by atoms with E-state index in [2.05, 4.69) is 14.9 Å². The predicted octanol–water partition coefficient (Wildman–Crippen LogP) is 1.86. The molecule has 11 heteroatoms. The number of rotatable bonds is 7. The van der Waals surface area contributed by atoms with E-state index in [4.69, 9.17) is 11.6 Å². The number of carbonyl (C=O) groups excluding carboxylic acids is 2. The van der Waals surface area contributed by atoms with Crippen molar-refractivity contribution in [3.05, 3.63) is 58.9 Å². The highest BCUT2D eigenvalue weighted by Gasteiger charge is 2.23. The standard InChI is InChI=1S/C21H24ClFN4O4S/c1-2-25-32(30,31)17-7-8-19(23)18(13-17)21(29)24-14-20(28)27-11-9-26(10-12-27)16-5-3-15(22)4-6-16/h3-8,13,25H,2,9-12,14H2,1H3,(H,24,29). The fraction of sp³-hybridized carbons (Fsp3) is 0.333. The molecular formula is C21H24ClFN4O4S. The third kappa shape index (κ3) is 5.76. The van der Waals surface area contributed by atoms with E-state index in [1.807, 2.05) is 24.3 Å². The van der Waals surface area contributed by atoms with E-state index >= 15 is 0 Å². The number of halogens is 2. The zero-order valence-corrected chi connectivity index (χ0v) is 19.0. The molecule has 2 N–H and O–H groups in total. The van der Waals surface area contributed by atoms with Crippen molar-refractivity contribution in [3.8, 4) is 0 Å². The van der Waals surface area contributed by atoms with Crippen molar-refractivity contribution < 1.29 is 22.4 Å². The molecule has 1 saturated heterocycles. The van der Waals surface area contributed by atoms with Gasteiger partial charge in [0.15, 0.2) is 0 Å². The van der Waals surface area contributed by atoms with Crippen molar-refractivity contribution in [3.63, 3.8) is 0 Å². The van der Waals surface area contributed by atoms with Gasteiger partial charge in [-0.1, -0.05) is 18.5 Å². The summed E-state index contributed by atoms with van der Waals surface area (Å²) in [4.78, 5) is 28.4. The van der Waals surface area contributed by atoms with Gasteiger partial charge in [-0.3, -0.25) is 9.59 Å². The van der Waals surface area contributed by atoms with E-state index in [1.165, 1.54) is 0 Å². The lowest BCUT2D eigenvalue weighted by molar-refractivity contribution is -0.130. The molecule has 0 atom stereocenters. The summed E-state index contributed by atoms with van der Waals surface area (Å²) >= 11 is 5.91. The number of nitrogens with zero attached hydrogens (tertiary/aromatic N) is 2. The number of hydrogen-bond donors (Lipinski definition) is 2. The highest BCUT2D eigenvalue weighted by atomic mass is 35.5. The minimum absolute atomic E-state index is 0.154. The summed E-state index contributed by atoms with van der Waals surface area (Å²) in [7, 11) is -3.85. The van der Waals surface area contributed by atoms with Crippen LogP contribution in [-0.4, -0.2) is 64.4 Å². The van der Waals surface area contributed by atoms with Gasteiger partial charge in [0, 0.05) is 43.4 Å². The van der Waals surface area contributed by atoms with Crippen molar-refractivity contribution in [2.45, 2.75) is 11.8 Å². The number of hydrogen-bond acceptors (Lipinski definition) is 5. The highest BCUT2D eigenvalue weighted by Crippen LogP contribution is 2.19. The minimum Gasteiger partial charge on any atom is -0.368 e. The Labute approximate surface area is 191 Å². The summed E-state index contributed by atoms with van der Waals surface area (Å²) in [5, 5.41) is 3.04. The van der Waals surface area contributed by atoms with Crippen molar-refractivity contribution in [2.24, 2.45) is 0 Å². The number of amides is 2. The average molecular weight is 483 g/mol. The second kappa shape index (κ2) is 10.3. The van der Waals surface area contributed by atoms with Crippen LogP contribution in [0.2, 0.25) is 5.02 Å². The quantitative estimate of drug-likeness (QED) is 0.627. The smallest absolute Gasteiger partial charge is 0.254 e. The molecule has 0 saturated carbocycles. The third-order valence-electron chi connectivity index (χ3n) is 5.05. The first-order valence-corrected chi connectivity index (χ1v) is 11.9.